The standard InChI is InChI=1S/C20H31N9O9/c21-10(5-14(30)31)16(34)27-11(2-1-3-25-20(22)23)17(35)28-12(4-9-7-24-8-26-9)18(36)29-13(19(37)38)6-15(32)33/h7-8,10-13H,1-6,21H2,(H,24,26)(H,27,34)(H,28,35)(H,29,36)(H,30,31)(H,32,33)(H,37,38)(H4,22,23,25). The van der Waals surface area contributed by atoms with Gasteiger partial charge < -0.3 is 53.5 Å². The first kappa shape index (κ1) is 31.3. The highest BCUT2D eigenvalue weighted by Crippen LogP contribution is 2.05. The molecule has 0 bridgehead atoms. The van der Waals surface area contributed by atoms with Crippen LogP contribution in [0.15, 0.2) is 17.5 Å². The van der Waals surface area contributed by atoms with Crippen molar-refractivity contribution in [1.82, 2.24) is 25.9 Å². The molecular formula is C20H31N9O9. The van der Waals surface area contributed by atoms with Gasteiger partial charge in [-0.2, -0.15) is 0 Å². The molecule has 0 spiro atoms. The third-order valence-electron chi connectivity index (χ3n) is 4.91. The third-order valence-corrected chi connectivity index (χ3v) is 4.91. The maximum atomic E-state index is 13.1. The molecule has 1 aromatic rings. The van der Waals surface area contributed by atoms with E-state index in [1.807, 2.05) is 0 Å². The van der Waals surface area contributed by atoms with Crippen molar-refractivity contribution in [2.24, 2.45) is 22.2 Å². The van der Waals surface area contributed by atoms with Crippen molar-refractivity contribution in [3.8, 4) is 0 Å². The molecule has 0 radical (unpaired) electrons. The van der Waals surface area contributed by atoms with Crippen LogP contribution >= 0.6 is 0 Å². The number of aromatic nitrogens is 2. The minimum Gasteiger partial charge on any atom is -0.481 e. The van der Waals surface area contributed by atoms with Crippen LogP contribution in [0.25, 0.3) is 0 Å². The number of aliphatic carboxylic acids is 3. The molecule has 13 N–H and O–H groups in total. The highest BCUT2D eigenvalue weighted by atomic mass is 16.4. The Bertz CT molecular complexity index is 1030. The number of guanidine groups is 1. The summed E-state index contributed by atoms with van der Waals surface area (Å²) in [5.74, 6) is -7.49. The number of carboxylic acids is 3. The topological polar surface area (TPSA) is 318 Å². The summed E-state index contributed by atoms with van der Waals surface area (Å²) in [5.41, 5.74) is 16.5. The number of hydrogen-bond donors (Lipinski definition) is 10. The number of amides is 3. The third kappa shape index (κ3) is 11.8. The van der Waals surface area contributed by atoms with Gasteiger partial charge in [-0.1, -0.05) is 0 Å². The zero-order chi connectivity index (χ0) is 28.8. The quantitative estimate of drug-likeness (QED) is 0.0509. The molecule has 0 aliphatic heterocycles. The summed E-state index contributed by atoms with van der Waals surface area (Å²) in [6.45, 7) is 0.0801. The van der Waals surface area contributed by atoms with E-state index in [0.717, 1.165) is 0 Å². The SMILES string of the molecule is NC(N)=NCCCC(NC(=O)C(N)CC(=O)O)C(=O)NC(Cc1cnc[nH]1)C(=O)NC(CC(=O)O)C(=O)O. The Morgan fingerprint density at radius 1 is 0.895 bits per heavy atom. The summed E-state index contributed by atoms with van der Waals surface area (Å²) in [4.78, 5) is 81.9. The van der Waals surface area contributed by atoms with Crippen molar-refractivity contribution in [3.63, 3.8) is 0 Å². The highest BCUT2D eigenvalue weighted by Gasteiger charge is 2.31. The number of carbonyl (C=O) groups is 6. The maximum Gasteiger partial charge on any atom is 0.326 e. The molecule has 1 rings (SSSR count). The van der Waals surface area contributed by atoms with Crippen LogP contribution in [-0.2, 0) is 35.2 Å². The average Bonchev–Trinajstić information content (AvgIpc) is 3.32. The van der Waals surface area contributed by atoms with E-state index in [1.54, 1.807) is 0 Å². The monoisotopic (exact) mass is 541 g/mol. The van der Waals surface area contributed by atoms with Gasteiger partial charge in [-0.05, 0) is 12.8 Å². The number of nitrogens with one attached hydrogen (secondary N) is 4. The summed E-state index contributed by atoms with van der Waals surface area (Å²) in [6, 6.07) is -6.01. The Hall–Kier alpha value is -4.74. The van der Waals surface area contributed by atoms with Crippen LogP contribution in [0, 0.1) is 0 Å². The summed E-state index contributed by atoms with van der Waals surface area (Å²) in [7, 11) is 0. The molecule has 0 saturated heterocycles. The first-order chi connectivity index (χ1) is 17.8. The number of nitrogens with two attached hydrogens (primary N) is 3. The van der Waals surface area contributed by atoms with Gasteiger partial charge in [0, 0.05) is 24.9 Å². The second-order valence-electron chi connectivity index (χ2n) is 8.05. The number of aromatic amines is 1. The molecule has 0 aliphatic carbocycles. The molecule has 18 nitrogen and oxygen atoms in total. The summed E-state index contributed by atoms with van der Waals surface area (Å²) < 4.78 is 0. The molecule has 38 heavy (non-hydrogen) atoms. The van der Waals surface area contributed by atoms with Gasteiger partial charge in [0.25, 0.3) is 0 Å². The molecule has 0 aliphatic rings. The van der Waals surface area contributed by atoms with E-state index in [1.165, 1.54) is 12.5 Å². The van der Waals surface area contributed by atoms with Crippen molar-refractivity contribution in [3.05, 3.63) is 18.2 Å². The predicted molar refractivity (Wildman–Crippen MR) is 128 cm³/mol. The first-order valence-corrected chi connectivity index (χ1v) is 11.2. The molecule has 1 aromatic heterocycles. The van der Waals surface area contributed by atoms with Gasteiger partial charge in [0.15, 0.2) is 5.96 Å². The average molecular weight is 542 g/mol. The smallest absolute Gasteiger partial charge is 0.326 e. The van der Waals surface area contributed by atoms with E-state index in [9.17, 15) is 33.9 Å². The van der Waals surface area contributed by atoms with Crippen molar-refractivity contribution >= 4 is 41.6 Å². The molecule has 18 heteroatoms. The normalized spacial score (nSPS) is 13.7. The zero-order valence-corrected chi connectivity index (χ0v) is 20.1. The summed E-state index contributed by atoms with van der Waals surface area (Å²) in [6.07, 6.45) is 0.940. The van der Waals surface area contributed by atoms with E-state index in [0.29, 0.717) is 5.69 Å². The number of H-pyrrole nitrogens is 1. The molecule has 3 amide bonds. The Balaban J connectivity index is 3.12. The van der Waals surface area contributed by atoms with Crippen LogP contribution in [0.3, 0.4) is 0 Å². The van der Waals surface area contributed by atoms with Crippen LogP contribution < -0.4 is 33.2 Å². The summed E-state index contributed by atoms with van der Waals surface area (Å²) >= 11 is 0. The van der Waals surface area contributed by atoms with E-state index in [4.69, 9.17) is 27.4 Å². The zero-order valence-electron chi connectivity index (χ0n) is 20.1. The molecule has 4 unspecified atom stereocenters. The summed E-state index contributed by atoms with van der Waals surface area (Å²) in [5, 5.41) is 33.8. The molecular weight excluding hydrogens is 510 g/mol. The molecule has 0 fully saturated rings. The fourth-order valence-corrected chi connectivity index (χ4v) is 3.08. The lowest BCUT2D eigenvalue weighted by atomic mass is 10.1. The molecule has 0 aromatic carbocycles. The van der Waals surface area contributed by atoms with Crippen LogP contribution in [0.2, 0.25) is 0 Å². The van der Waals surface area contributed by atoms with Crippen LogP contribution in [0.5, 0.6) is 0 Å². The van der Waals surface area contributed by atoms with Gasteiger partial charge in [0.1, 0.15) is 18.1 Å². The lowest BCUT2D eigenvalue weighted by Gasteiger charge is -2.24. The van der Waals surface area contributed by atoms with E-state index < -0.39 is 72.6 Å². The van der Waals surface area contributed by atoms with Crippen molar-refractivity contribution < 1.29 is 44.1 Å². The van der Waals surface area contributed by atoms with E-state index in [-0.39, 0.29) is 31.8 Å². The van der Waals surface area contributed by atoms with Gasteiger partial charge in [-0.3, -0.25) is 29.0 Å². The highest BCUT2D eigenvalue weighted by molar-refractivity contribution is 5.95. The number of carboxylic acid groups (broad SMARTS) is 3. The first-order valence-electron chi connectivity index (χ1n) is 11.2. The van der Waals surface area contributed by atoms with Crippen LogP contribution in [-0.4, -0.2) is 97.6 Å². The van der Waals surface area contributed by atoms with Crippen molar-refractivity contribution in [2.45, 2.75) is 56.3 Å². The lowest BCUT2D eigenvalue weighted by molar-refractivity contribution is -0.147. The van der Waals surface area contributed by atoms with Gasteiger partial charge >= 0.3 is 17.9 Å². The van der Waals surface area contributed by atoms with Crippen LogP contribution in [0.1, 0.15) is 31.4 Å². The number of hydrogen-bond acceptors (Lipinski definition) is 9. The van der Waals surface area contributed by atoms with Gasteiger partial charge in [-0.15, -0.1) is 0 Å². The second kappa shape index (κ2) is 15.4. The number of nitrogens with zero attached hydrogens (tertiary/aromatic N) is 2. The lowest BCUT2D eigenvalue weighted by Crippen LogP contribution is -2.58. The Kier molecular flexibility index (Phi) is 12.7. The van der Waals surface area contributed by atoms with Gasteiger partial charge in [-0.25, -0.2) is 9.78 Å². The number of rotatable bonds is 17. The largest absolute Gasteiger partial charge is 0.481 e. The minimum atomic E-state index is -1.79. The van der Waals surface area contributed by atoms with Crippen molar-refractivity contribution in [2.75, 3.05) is 6.54 Å². The van der Waals surface area contributed by atoms with Crippen LogP contribution in [0.4, 0.5) is 0 Å². The van der Waals surface area contributed by atoms with E-state index in [2.05, 4.69) is 30.9 Å². The Morgan fingerprint density at radius 3 is 2.00 bits per heavy atom. The number of imidazole rings is 1. The maximum absolute atomic E-state index is 13.1. The number of aliphatic imine (C=N–C) groups is 1. The molecule has 210 valence electrons. The molecule has 4 atom stereocenters. The fraction of sp³-hybridized carbons (Fsp3) is 0.500. The second-order valence-corrected chi connectivity index (χ2v) is 8.05. The number of carbonyl (C=O) groups excluding carboxylic acids is 3. The fourth-order valence-electron chi connectivity index (χ4n) is 3.08. The van der Waals surface area contributed by atoms with Gasteiger partial charge in [0.05, 0.1) is 25.2 Å². The van der Waals surface area contributed by atoms with Gasteiger partial charge in [0.2, 0.25) is 17.7 Å². The Morgan fingerprint density at radius 2 is 1.47 bits per heavy atom. The van der Waals surface area contributed by atoms with Crippen molar-refractivity contribution in [1.29, 1.82) is 0 Å². The predicted octanol–water partition coefficient (Wildman–Crippen LogP) is -4.18. The Labute approximate surface area is 215 Å². The molecule has 0 saturated carbocycles. The van der Waals surface area contributed by atoms with E-state index >= 15 is 0 Å². The minimum absolute atomic E-state index is 0.0523. The molecule has 1 heterocycles.